The van der Waals surface area contributed by atoms with Crippen LogP contribution >= 0.6 is 0 Å². The van der Waals surface area contributed by atoms with Gasteiger partial charge in [-0.2, -0.15) is 0 Å². The van der Waals surface area contributed by atoms with Crippen LogP contribution in [0.25, 0.3) is 10.9 Å². The number of guanidine groups is 1. The second kappa shape index (κ2) is 6.87. The molecule has 1 atom stereocenters. The van der Waals surface area contributed by atoms with Crippen molar-refractivity contribution in [1.82, 2.24) is 19.6 Å². The standard InChI is InChI=1S/C19H18F2N6O2S/c1-19(10-30(28,29)27(2)18(22)26-19)14-8-13(3-4-15(14)21)25-17-16-11(5-6-23-17)7-12(20)9-24-16/h3-9H,10H2,1-2H3,(H2,22,26)(H,23,25)/t19-/m0/s1. The summed E-state index contributed by atoms with van der Waals surface area (Å²) in [4.78, 5) is 8.27. The highest BCUT2D eigenvalue weighted by atomic mass is 32.2. The summed E-state index contributed by atoms with van der Waals surface area (Å²) in [6.07, 6.45) is 2.56. The Balaban J connectivity index is 1.74. The third kappa shape index (κ3) is 3.41. The van der Waals surface area contributed by atoms with Crippen molar-refractivity contribution in [1.29, 1.82) is 5.41 Å². The number of halogens is 2. The molecule has 0 amide bonds. The van der Waals surface area contributed by atoms with E-state index in [4.69, 9.17) is 5.41 Å². The molecule has 0 aliphatic carbocycles. The summed E-state index contributed by atoms with van der Waals surface area (Å²) < 4.78 is 53.8. The predicted molar refractivity (Wildman–Crippen MR) is 109 cm³/mol. The number of aromatic nitrogens is 2. The van der Waals surface area contributed by atoms with Crippen LogP contribution in [0.1, 0.15) is 12.5 Å². The maximum absolute atomic E-state index is 14.7. The fourth-order valence-corrected chi connectivity index (χ4v) is 4.88. The minimum absolute atomic E-state index is 0.0770. The number of benzene rings is 1. The van der Waals surface area contributed by atoms with E-state index in [2.05, 4.69) is 20.6 Å². The van der Waals surface area contributed by atoms with Crippen molar-refractivity contribution in [2.24, 2.45) is 0 Å². The Labute approximate surface area is 171 Å². The van der Waals surface area contributed by atoms with Gasteiger partial charge in [0, 0.05) is 29.9 Å². The number of anilines is 2. The zero-order chi connectivity index (χ0) is 21.7. The Morgan fingerprint density at radius 2 is 2.00 bits per heavy atom. The van der Waals surface area contributed by atoms with Crippen LogP contribution in [0.2, 0.25) is 0 Å². The van der Waals surface area contributed by atoms with Crippen molar-refractivity contribution in [3.8, 4) is 0 Å². The fourth-order valence-electron chi connectivity index (χ4n) is 3.41. The number of nitrogens with one attached hydrogen (secondary N) is 3. The number of pyridine rings is 2. The van der Waals surface area contributed by atoms with E-state index < -0.39 is 32.9 Å². The molecule has 3 aromatic rings. The van der Waals surface area contributed by atoms with Gasteiger partial charge in [-0.05, 0) is 37.3 Å². The molecule has 0 bridgehead atoms. The van der Waals surface area contributed by atoms with Crippen molar-refractivity contribution < 1.29 is 17.2 Å². The van der Waals surface area contributed by atoms with Gasteiger partial charge in [0.05, 0.1) is 17.5 Å². The van der Waals surface area contributed by atoms with Gasteiger partial charge in [-0.25, -0.2) is 31.5 Å². The summed E-state index contributed by atoms with van der Waals surface area (Å²) in [5.74, 6) is -1.52. The molecule has 4 rings (SSSR count). The largest absolute Gasteiger partial charge is 0.345 e. The van der Waals surface area contributed by atoms with Gasteiger partial charge in [0.15, 0.2) is 5.82 Å². The summed E-state index contributed by atoms with van der Waals surface area (Å²) in [6.45, 7) is 1.52. The van der Waals surface area contributed by atoms with Crippen LogP contribution < -0.4 is 10.6 Å². The molecule has 11 heteroatoms. The molecule has 2 aromatic heterocycles. The van der Waals surface area contributed by atoms with E-state index >= 15 is 0 Å². The van der Waals surface area contributed by atoms with Crippen molar-refractivity contribution in [3.05, 3.63) is 59.9 Å². The summed E-state index contributed by atoms with van der Waals surface area (Å²) in [6, 6.07) is 7.08. The lowest BCUT2D eigenvalue weighted by molar-refractivity contribution is 0.403. The molecule has 1 fully saturated rings. The van der Waals surface area contributed by atoms with Crippen molar-refractivity contribution in [2.45, 2.75) is 12.5 Å². The summed E-state index contributed by atoms with van der Waals surface area (Å²) in [7, 11) is -2.52. The molecule has 156 valence electrons. The lowest BCUT2D eigenvalue weighted by Crippen LogP contribution is -2.61. The summed E-state index contributed by atoms with van der Waals surface area (Å²) in [5, 5.41) is 14.3. The van der Waals surface area contributed by atoms with Gasteiger partial charge in [0.25, 0.3) is 0 Å². The van der Waals surface area contributed by atoms with Crippen LogP contribution in [0.4, 0.5) is 20.3 Å². The van der Waals surface area contributed by atoms with Crippen molar-refractivity contribution in [3.63, 3.8) is 0 Å². The molecule has 8 nitrogen and oxygen atoms in total. The zero-order valence-corrected chi connectivity index (χ0v) is 16.9. The van der Waals surface area contributed by atoms with Crippen LogP contribution in [-0.2, 0) is 15.6 Å². The first-order valence-electron chi connectivity index (χ1n) is 8.90. The molecular weight excluding hydrogens is 414 g/mol. The highest BCUT2D eigenvalue weighted by Gasteiger charge is 2.43. The van der Waals surface area contributed by atoms with Gasteiger partial charge >= 0.3 is 0 Å². The van der Waals surface area contributed by atoms with E-state index in [-0.39, 0.29) is 11.5 Å². The van der Waals surface area contributed by atoms with Gasteiger partial charge in [-0.15, -0.1) is 0 Å². The van der Waals surface area contributed by atoms with Crippen molar-refractivity contribution >= 4 is 38.4 Å². The van der Waals surface area contributed by atoms with Crippen LogP contribution in [0.5, 0.6) is 0 Å². The third-order valence-electron chi connectivity index (χ3n) is 4.99. The first kappa shape index (κ1) is 20.0. The molecule has 0 spiro atoms. The average molecular weight is 432 g/mol. The average Bonchev–Trinajstić information content (AvgIpc) is 2.67. The molecule has 0 unspecified atom stereocenters. The van der Waals surface area contributed by atoms with Gasteiger partial charge in [-0.1, -0.05) is 0 Å². The number of fused-ring (bicyclic) bond motifs is 1. The lowest BCUT2D eigenvalue weighted by Gasteiger charge is -2.40. The van der Waals surface area contributed by atoms with Crippen LogP contribution in [0.15, 0.2) is 42.7 Å². The number of hydrogen-bond donors (Lipinski definition) is 3. The van der Waals surface area contributed by atoms with E-state index in [0.717, 1.165) is 10.5 Å². The molecule has 0 radical (unpaired) electrons. The lowest BCUT2D eigenvalue weighted by atomic mass is 9.93. The van der Waals surface area contributed by atoms with E-state index in [1.165, 1.54) is 44.4 Å². The molecule has 1 aliphatic rings. The Bertz CT molecular complexity index is 1280. The van der Waals surface area contributed by atoms with E-state index in [1.807, 2.05) is 0 Å². The zero-order valence-electron chi connectivity index (χ0n) is 16.1. The molecule has 3 heterocycles. The molecule has 1 saturated heterocycles. The van der Waals surface area contributed by atoms with Crippen LogP contribution in [0, 0.1) is 17.0 Å². The molecule has 3 N–H and O–H groups in total. The van der Waals surface area contributed by atoms with Gasteiger partial charge in [-0.3, -0.25) is 5.41 Å². The Hall–Kier alpha value is -3.34. The summed E-state index contributed by atoms with van der Waals surface area (Å²) >= 11 is 0. The quantitative estimate of drug-likeness (QED) is 0.587. The smallest absolute Gasteiger partial charge is 0.239 e. The predicted octanol–water partition coefficient (Wildman–Crippen LogP) is 2.67. The normalized spacial score (nSPS) is 20.8. The highest BCUT2D eigenvalue weighted by Crippen LogP contribution is 2.32. The number of nitrogens with zero attached hydrogens (tertiary/aromatic N) is 3. The molecule has 0 saturated carbocycles. The SMILES string of the molecule is CN1C(=N)N[C@](C)(c2cc(Nc3nccc4cc(F)cnc34)ccc2F)CS1(=O)=O. The van der Waals surface area contributed by atoms with Crippen LogP contribution in [0.3, 0.4) is 0 Å². The minimum atomic E-state index is -3.79. The molecule has 1 aromatic carbocycles. The maximum Gasteiger partial charge on any atom is 0.239 e. The Kier molecular flexibility index (Phi) is 4.57. The highest BCUT2D eigenvalue weighted by molar-refractivity contribution is 7.89. The maximum atomic E-state index is 14.7. The Morgan fingerprint density at radius 1 is 1.23 bits per heavy atom. The van der Waals surface area contributed by atoms with E-state index in [0.29, 0.717) is 22.4 Å². The van der Waals surface area contributed by atoms with Gasteiger partial charge < -0.3 is 10.6 Å². The molecule has 30 heavy (non-hydrogen) atoms. The minimum Gasteiger partial charge on any atom is -0.345 e. The number of rotatable bonds is 3. The van der Waals surface area contributed by atoms with Crippen LogP contribution in [-0.4, -0.2) is 41.5 Å². The molecule has 1 aliphatic heterocycles. The second-order valence-corrected chi connectivity index (χ2v) is 9.23. The van der Waals surface area contributed by atoms with Gasteiger partial charge in [0.2, 0.25) is 16.0 Å². The van der Waals surface area contributed by atoms with Crippen molar-refractivity contribution in [2.75, 3.05) is 18.1 Å². The Morgan fingerprint density at radius 3 is 2.73 bits per heavy atom. The second-order valence-electron chi connectivity index (χ2n) is 7.23. The number of sulfonamides is 1. The number of hydrogen-bond acceptors (Lipinski definition) is 6. The summed E-state index contributed by atoms with van der Waals surface area (Å²) in [5.41, 5.74) is -0.410. The topological polar surface area (TPSA) is 111 Å². The first-order valence-corrected chi connectivity index (χ1v) is 10.5. The fraction of sp³-hybridized carbons (Fsp3) is 0.211. The van der Waals surface area contributed by atoms with E-state index in [9.17, 15) is 17.2 Å². The third-order valence-corrected chi connectivity index (χ3v) is 6.95. The molecular formula is C19H18F2N6O2S. The van der Waals surface area contributed by atoms with Gasteiger partial charge in [0.1, 0.15) is 17.2 Å². The monoisotopic (exact) mass is 432 g/mol. The first-order chi connectivity index (χ1) is 14.1. The van der Waals surface area contributed by atoms with E-state index in [1.54, 1.807) is 6.07 Å².